The molecule has 1 aliphatic carbocycles. The van der Waals surface area contributed by atoms with Gasteiger partial charge in [0.25, 0.3) is 0 Å². The number of ether oxygens (including phenoxy) is 5. The highest BCUT2D eigenvalue weighted by Crippen LogP contribution is 2.56. The monoisotopic (exact) mass is 642 g/mol. The summed E-state index contributed by atoms with van der Waals surface area (Å²) in [5, 5.41) is 22.9. The lowest BCUT2D eigenvalue weighted by atomic mass is 9.81. The van der Waals surface area contributed by atoms with Crippen LogP contribution in [0, 0.1) is 5.41 Å². The van der Waals surface area contributed by atoms with E-state index in [1.54, 1.807) is 6.92 Å². The van der Waals surface area contributed by atoms with E-state index in [1.165, 1.54) is 23.1 Å². The molecular weight excluding hydrogens is 615 g/mol. The largest absolute Gasteiger partial charge is 0.586 e. The minimum Gasteiger partial charge on any atom is -0.492 e. The van der Waals surface area contributed by atoms with Crippen molar-refractivity contribution < 1.29 is 65.4 Å². The maximum Gasteiger partial charge on any atom is 0.586 e. The van der Waals surface area contributed by atoms with Crippen LogP contribution in [0.2, 0.25) is 0 Å². The third kappa shape index (κ3) is 5.03. The zero-order valence-corrected chi connectivity index (χ0v) is 23.5. The lowest BCUT2D eigenvalue weighted by Gasteiger charge is -2.38. The smallest absolute Gasteiger partial charge is 0.492 e. The Labute approximate surface area is 251 Å². The number of nitrogens with zero attached hydrogens (tertiary/aromatic N) is 1. The van der Waals surface area contributed by atoms with Crippen molar-refractivity contribution in [2.75, 3.05) is 19.7 Å². The van der Waals surface area contributed by atoms with E-state index in [-0.39, 0.29) is 60.6 Å². The van der Waals surface area contributed by atoms with Crippen molar-refractivity contribution in [2.45, 2.75) is 68.6 Å². The molecule has 2 fully saturated rings. The first-order chi connectivity index (χ1) is 21.1. The van der Waals surface area contributed by atoms with Gasteiger partial charge in [-0.25, -0.2) is 0 Å². The van der Waals surface area contributed by atoms with E-state index in [4.69, 9.17) is 9.47 Å². The van der Waals surface area contributed by atoms with Gasteiger partial charge in [0.05, 0.1) is 23.7 Å². The molecule has 45 heavy (non-hydrogen) atoms. The lowest BCUT2D eigenvalue weighted by molar-refractivity contribution is -0.286. The number of hydrogen-bond donors (Lipinski definition) is 3. The highest BCUT2D eigenvalue weighted by Gasteiger charge is 2.61. The molecule has 0 bridgehead atoms. The summed E-state index contributed by atoms with van der Waals surface area (Å²) in [5.74, 6) is -1.94. The second kappa shape index (κ2) is 9.72. The van der Waals surface area contributed by atoms with Gasteiger partial charge in [-0.3, -0.25) is 9.59 Å². The lowest BCUT2D eigenvalue weighted by Crippen LogP contribution is -2.50. The number of nitrogens with one attached hydrogen (secondary N) is 1. The number of carbonyl (C=O) groups is 2. The van der Waals surface area contributed by atoms with Gasteiger partial charge in [-0.05, 0) is 38.0 Å². The predicted octanol–water partition coefficient (Wildman–Crippen LogP) is 2.91. The van der Waals surface area contributed by atoms with Crippen molar-refractivity contribution in [3.05, 3.63) is 41.5 Å². The minimum absolute atomic E-state index is 0.0299. The first kappa shape index (κ1) is 29.6. The zero-order chi connectivity index (χ0) is 32.1. The summed E-state index contributed by atoms with van der Waals surface area (Å²) in [6.45, 7) is 1.21. The van der Waals surface area contributed by atoms with Crippen LogP contribution in [0.5, 0.6) is 28.7 Å². The average Bonchev–Trinajstić information content (AvgIpc) is 3.49. The number of fused-ring (bicyclic) bond motifs is 3. The van der Waals surface area contributed by atoms with Crippen LogP contribution in [0.1, 0.15) is 43.4 Å². The van der Waals surface area contributed by atoms with Crippen LogP contribution in [0.25, 0.3) is 0 Å². The summed E-state index contributed by atoms with van der Waals surface area (Å²) in [5.41, 5.74) is -1.90. The van der Waals surface area contributed by atoms with Crippen molar-refractivity contribution in [1.82, 2.24) is 10.2 Å². The number of halogens is 5. The summed E-state index contributed by atoms with van der Waals surface area (Å²) in [7, 11) is 0. The highest BCUT2D eigenvalue weighted by atomic mass is 19.4. The molecule has 4 aliphatic heterocycles. The fourth-order valence-corrected chi connectivity index (χ4v) is 6.51. The van der Waals surface area contributed by atoms with Crippen LogP contribution < -0.4 is 29.0 Å². The molecule has 242 valence electrons. The molecule has 1 saturated heterocycles. The van der Waals surface area contributed by atoms with Crippen molar-refractivity contribution in [2.24, 2.45) is 5.41 Å². The fraction of sp³-hybridized carbons (Fsp3) is 0.517. The van der Waals surface area contributed by atoms with Crippen LogP contribution in [0.15, 0.2) is 30.3 Å². The topological polar surface area (TPSA) is 136 Å². The number of amides is 2. The Bertz CT molecular complexity index is 1570. The Morgan fingerprint density at radius 3 is 2.31 bits per heavy atom. The van der Waals surface area contributed by atoms with E-state index < -0.39 is 59.5 Å². The molecule has 4 heterocycles. The fourth-order valence-electron chi connectivity index (χ4n) is 6.51. The second-order valence-electron chi connectivity index (χ2n) is 12.2. The van der Waals surface area contributed by atoms with Crippen LogP contribution in [-0.2, 0) is 15.0 Å². The first-order valence-corrected chi connectivity index (χ1v) is 14.2. The molecule has 0 aromatic heterocycles. The maximum absolute atomic E-state index is 13.9. The minimum atomic E-state index is -4.98. The van der Waals surface area contributed by atoms with Crippen LogP contribution in [0.3, 0.4) is 0 Å². The summed E-state index contributed by atoms with van der Waals surface area (Å²) < 4.78 is 91.3. The van der Waals surface area contributed by atoms with Gasteiger partial charge in [0, 0.05) is 42.8 Å². The summed E-state index contributed by atoms with van der Waals surface area (Å²) in [6, 6.07) is 5.04. The molecule has 0 radical (unpaired) electrons. The van der Waals surface area contributed by atoms with Crippen molar-refractivity contribution >= 4 is 11.8 Å². The average molecular weight is 643 g/mol. The van der Waals surface area contributed by atoms with Crippen LogP contribution >= 0.6 is 0 Å². The van der Waals surface area contributed by atoms with Gasteiger partial charge in [-0.15, -0.1) is 22.0 Å². The third-order valence-corrected chi connectivity index (χ3v) is 9.11. The van der Waals surface area contributed by atoms with Crippen LogP contribution in [-0.4, -0.2) is 77.6 Å². The Morgan fingerprint density at radius 1 is 1.00 bits per heavy atom. The normalized spacial score (nSPS) is 30.1. The van der Waals surface area contributed by atoms with Crippen molar-refractivity contribution in [3.8, 4) is 28.7 Å². The molecular formula is C29H27F5N2O9. The van der Waals surface area contributed by atoms with Crippen molar-refractivity contribution in [3.63, 3.8) is 0 Å². The summed E-state index contributed by atoms with van der Waals surface area (Å²) in [4.78, 5) is 28.9. The molecule has 3 N–H and O–H groups in total. The SMILES string of the molecule is C[C@]1(C(=O)N[C@@H]2C[C@H](C3(C(=O)N4C[C@H](O)[C@@H](O)C4)CC3)Oc3cc(OC(F)(F)F)ccc32)COc2cc3c(cc21)OC(F)(F)O3. The number of carbonyl (C=O) groups excluding carboxylic acids is 2. The molecule has 1 saturated carbocycles. The van der Waals surface area contributed by atoms with Gasteiger partial charge in [0.15, 0.2) is 11.5 Å². The number of benzene rings is 2. The molecule has 2 aromatic carbocycles. The van der Waals surface area contributed by atoms with Crippen LogP contribution in [0.4, 0.5) is 22.0 Å². The molecule has 0 spiro atoms. The van der Waals surface area contributed by atoms with Gasteiger partial charge in [-0.2, -0.15) is 0 Å². The number of β-amino-alcohol motifs (C(OH)–C–C–N with tert-alkyl or cyclic N) is 2. The van der Waals surface area contributed by atoms with E-state index in [1.807, 2.05) is 0 Å². The van der Waals surface area contributed by atoms with Gasteiger partial charge < -0.3 is 44.1 Å². The molecule has 2 aromatic rings. The third-order valence-electron chi connectivity index (χ3n) is 9.11. The summed E-state index contributed by atoms with van der Waals surface area (Å²) >= 11 is 0. The number of alkyl halides is 5. The molecule has 0 unspecified atom stereocenters. The molecule has 2 amide bonds. The second-order valence-corrected chi connectivity index (χ2v) is 12.2. The molecule has 5 aliphatic rings. The quantitative estimate of drug-likeness (QED) is 0.421. The van der Waals surface area contributed by atoms with Gasteiger partial charge in [0.2, 0.25) is 11.8 Å². The Hall–Kier alpha value is -4.05. The maximum atomic E-state index is 13.9. The number of likely N-dealkylation sites (tertiary alicyclic amines) is 1. The Morgan fingerprint density at radius 2 is 1.67 bits per heavy atom. The van der Waals surface area contributed by atoms with Gasteiger partial charge in [0.1, 0.15) is 35.4 Å². The molecule has 5 atom stereocenters. The first-order valence-electron chi connectivity index (χ1n) is 14.2. The Kier molecular flexibility index (Phi) is 6.41. The predicted molar refractivity (Wildman–Crippen MR) is 139 cm³/mol. The van der Waals surface area contributed by atoms with E-state index in [0.29, 0.717) is 18.4 Å². The van der Waals surface area contributed by atoms with E-state index in [0.717, 1.165) is 12.1 Å². The van der Waals surface area contributed by atoms with E-state index in [9.17, 15) is 41.8 Å². The van der Waals surface area contributed by atoms with Gasteiger partial charge >= 0.3 is 12.7 Å². The summed E-state index contributed by atoms with van der Waals surface area (Å²) in [6.07, 6.45) is -11.2. The highest BCUT2D eigenvalue weighted by molar-refractivity contribution is 5.91. The zero-order valence-electron chi connectivity index (χ0n) is 23.5. The number of aliphatic hydroxyl groups excluding tert-OH is 2. The number of rotatable bonds is 5. The number of hydrogen-bond acceptors (Lipinski definition) is 9. The van der Waals surface area contributed by atoms with E-state index in [2.05, 4.69) is 19.5 Å². The van der Waals surface area contributed by atoms with Gasteiger partial charge in [-0.1, -0.05) is 0 Å². The molecule has 11 nitrogen and oxygen atoms in total. The van der Waals surface area contributed by atoms with E-state index >= 15 is 0 Å². The standard InChI is InChI=1S/C29H27F5N2O9/c1-26(12-41-20-9-22-21(7-15(20)26)44-29(33,34)45-22)24(39)35-16-8-23(27(4-5-27)25(40)36-10-17(37)18(38)11-36)42-19-6-13(2-3-14(16)19)43-28(30,31)32/h2-3,6-7,9,16-18,23,37-38H,4-5,8,10-12H2,1H3,(H,35,39)/t16-,17+,18+,23-,26+/m1/s1. The Balaban J connectivity index is 1.19. The molecule has 16 heteroatoms. The number of aliphatic hydroxyl groups is 2. The van der Waals surface area contributed by atoms with Crippen molar-refractivity contribution in [1.29, 1.82) is 0 Å². The molecule has 7 rings (SSSR count).